The average molecular weight is 734 g/mol. The first-order valence-corrected chi connectivity index (χ1v) is 20.0. The number of ether oxygens (including phenoxy) is 3. The van der Waals surface area contributed by atoms with E-state index >= 15 is 0 Å². The summed E-state index contributed by atoms with van der Waals surface area (Å²) >= 11 is 0. The Morgan fingerprint density at radius 2 is 1.87 bits per heavy atom. The number of dihydropyridines is 1. The van der Waals surface area contributed by atoms with Crippen LogP contribution in [0.25, 0.3) is 16.6 Å². The molecule has 286 valence electrons. The van der Waals surface area contributed by atoms with Crippen LogP contribution in [0.3, 0.4) is 0 Å². The van der Waals surface area contributed by atoms with Gasteiger partial charge >= 0.3 is 0 Å². The summed E-state index contributed by atoms with van der Waals surface area (Å²) in [5.74, 6) is 1.56. The lowest BCUT2D eigenvalue weighted by Crippen LogP contribution is -2.47. The third-order valence-electron chi connectivity index (χ3n) is 12.4. The zero-order valence-corrected chi connectivity index (χ0v) is 31.4. The number of unbranched alkanes of at least 4 members (excludes halogenated alkanes) is 2. The molecule has 1 unspecified atom stereocenters. The summed E-state index contributed by atoms with van der Waals surface area (Å²) < 4.78 is 21.5. The molecule has 4 bridgehead atoms. The number of aromatic hydroxyl groups is 1. The van der Waals surface area contributed by atoms with Gasteiger partial charge in [0.25, 0.3) is 0 Å². The summed E-state index contributed by atoms with van der Waals surface area (Å²) in [5, 5.41) is 38.3. The van der Waals surface area contributed by atoms with Gasteiger partial charge in [-0.3, -0.25) is 0 Å². The Kier molecular flexibility index (Phi) is 10.9. The average Bonchev–Trinajstić information content (AvgIpc) is 3.63. The van der Waals surface area contributed by atoms with E-state index in [2.05, 4.69) is 71.7 Å². The maximum Gasteiger partial charge on any atom is 0.161 e. The van der Waals surface area contributed by atoms with Gasteiger partial charge in [0.1, 0.15) is 12.4 Å². The van der Waals surface area contributed by atoms with Crippen molar-refractivity contribution in [2.45, 2.75) is 108 Å². The lowest BCUT2D eigenvalue weighted by atomic mass is 9.57. The third kappa shape index (κ3) is 7.20. The number of phenols is 1. The standard InChI is InChI=1S/C45H55N3O6/c1-2-3-4-8-38-22-37(50)14-11-30-21-42(41(51)20-33(30)25-49)54-27-34-19-36(45-16-17-52-28-35(45)13-10-29-7-5-6-9-40(29)45)18-32-23-48(24-39(32)34)44-31(26-53-38)12-15-43(46)47-44/h5-7,9,12,15,18-21,23-24,35,37-38,43,47,49-51H,2-4,8,10-11,13-14,16-17,22,25-28,46H2,1H3/t35-,37-,38+,43?,45-/m1/s1. The maximum absolute atomic E-state index is 11.3. The molecule has 4 aliphatic rings. The number of aryl methyl sites for hydroxylation is 2. The van der Waals surface area contributed by atoms with Crippen molar-refractivity contribution in [2.75, 3.05) is 19.8 Å². The van der Waals surface area contributed by atoms with E-state index in [1.807, 2.05) is 12.1 Å². The summed E-state index contributed by atoms with van der Waals surface area (Å²) in [6.45, 7) is 4.01. The van der Waals surface area contributed by atoms with Crippen LogP contribution in [0.2, 0.25) is 0 Å². The predicted octanol–water partition coefficient (Wildman–Crippen LogP) is 6.96. The van der Waals surface area contributed by atoms with Crippen LogP contribution in [-0.4, -0.2) is 58.1 Å². The van der Waals surface area contributed by atoms with Crippen molar-refractivity contribution in [1.29, 1.82) is 0 Å². The highest BCUT2D eigenvalue weighted by molar-refractivity contribution is 5.88. The number of nitrogens with zero attached hydrogens (tertiary/aromatic N) is 1. The van der Waals surface area contributed by atoms with Crippen LogP contribution in [-0.2, 0) is 40.9 Å². The van der Waals surface area contributed by atoms with Gasteiger partial charge in [-0.1, -0.05) is 62.6 Å². The van der Waals surface area contributed by atoms with Crippen LogP contribution in [0.1, 0.15) is 91.7 Å². The largest absolute Gasteiger partial charge is 0.504 e. The predicted molar refractivity (Wildman–Crippen MR) is 211 cm³/mol. The number of aromatic nitrogens is 1. The number of aliphatic hydroxyl groups excluding tert-OH is 2. The molecule has 1 aliphatic carbocycles. The fourth-order valence-corrected chi connectivity index (χ4v) is 9.46. The van der Waals surface area contributed by atoms with Crippen LogP contribution in [0.15, 0.2) is 78.6 Å². The summed E-state index contributed by atoms with van der Waals surface area (Å²) in [4.78, 5) is 0. The second kappa shape index (κ2) is 15.9. The van der Waals surface area contributed by atoms with Crippen LogP contribution >= 0.6 is 0 Å². The normalized spacial score (nSPS) is 25.9. The van der Waals surface area contributed by atoms with Crippen molar-refractivity contribution in [3.05, 3.63) is 112 Å². The fraction of sp³-hybridized carbons (Fsp3) is 0.467. The molecule has 0 radical (unpaired) electrons. The van der Waals surface area contributed by atoms with E-state index in [0.717, 1.165) is 84.8 Å². The van der Waals surface area contributed by atoms with Crippen molar-refractivity contribution in [2.24, 2.45) is 11.7 Å². The number of nitrogens with one attached hydrogen (secondary N) is 1. The molecule has 8 rings (SSSR count). The molecule has 4 heterocycles. The first kappa shape index (κ1) is 36.8. The molecule has 0 amide bonds. The lowest BCUT2D eigenvalue weighted by Gasteiger charge is -2.49. The van der Waals surface area contributed by atoms with Gasteiger partial charge in [-0.15, -0.1) is 0 Å². The minimum Gasteiger partial charge on any atom is -0.504 e. The molecule has 9 heteroatoms. The Morgan fingerprint density at radius 1 is 1.00 bits per heavy atom. The number of hydrogen-bond donors (Lipinski definition) is 5. The van der Waals surface area contributed by atoms with Crippen molar-refractivity contribution >= 4 is 16.6 Å². The van der Waals surface area contributed by atoms with E-state index in [-0.39, 0.29) is 36.6 Å². The Hall–Kier alpha value is -4.12. The van der Waals surface area contributed by atoms with E-state index in [9.17, 15) is 15.3 Å². The molecular weight excluding hydrogens is 679 g/mol. The van der Waals surface area contributed by atoms with E-state index in [1.165, 1.54) is 16.7 Å². The maximum atomic E-state index is 11.3. The SMILES string of the molecule is CCCCC[C@H]1C[C@H](O)CCc2cc(c(O)cc2CO)OCc2cc([C@@]34CCOC[C@H]3CCc3ccccc34)cc3cn(cc23)C2=C(C=CC(N)N2)CO1. The van der Waals surface area contributed by atoms with Crippen LogP contribution in [0.5, 0.6) is 11.5 Å². The van der Waals surface area contributed by atoms with Crippen LogP contribution in [0.4, 0.5) is 0 Å². The zero-order chi connectivity index (χ0) is 37.2. The summed E-state index contributed by atoms with van der Waals surface area (Å²) in [7, 11) is 0. The monoisotopic (exact) mass is 733 g/mol. The summed E-state index contributed by atoms with van der Waals surface area (Å²) in [6.07, 6.45) is 15.9. The number of fused-ring (bicyclic) bond motifs is 7. The molecule has 3 aliphatic heterocycles. The minimum atomic E-state index is -0.594. The number of phenolic OH excluding ortho intramolecular Hbond substituents is 1. The molecule has 54 heavy (non-hydrogen) atoms. The number of benzene rings is 3. The number of aliphatic hydroxyl groups is 2. The van der Waals surface area contributed by atoms with Gasteiger partial charge in [-0.05, 0) is 109 Å². The molecule has 4 aromatic rings. The van der Waals surface area contributed by atoms with Crippen molar-refractivity contribution in [3.63, 3.8) is 0 Å². The molecule has 1 fully saturated rings. The molecule has 0 spiro atoms. The quantitative estimate of drug-likeness (QED) is 0.135. The first-order valence-electron chi connectivity index (χ1n) is 20.0. The van der Waals surface area contributed by atoms with E-state index in [0.29, 0.717) is 49.7 Å². The van der Waals surface area contributed by atoms with Gasteiger partial charge < -0.3 is 45.1 Å². The molecule has 9 nitrogen and oxygen atoms in total. The van der Waals surface area contributed by atoms with Gasteiger partial charge in [-0.2, -0.15) is 0 Å². The molecular formula is C45H55N3O6. The Balaban J connectivity index is 1.28. The first-order chi connectivity index (χ1) is 26.4. The number of hydrogen-bond acceptors (Lipinski definition) is 8. The van der Waals surface area contributed by atoms with Gasteiger partial charge in [0, 0.05) is 40.8 Å². The van der Waals surface area contributed by atoms with Crippen molar-refractivity contribution < 1.29 is 29.5 Å². The Morgan fingerprint density at radius 3 is 2.74 bits per heavy atom. The highest BCUT2D eigenvalue weighted by atomic mass is 16.5. The highest BCUT2D eigenvalue weighted by Crippen LogP contribution is 2.52. The molecule has 1 saturated heterocycles. The zero-order valence-electron chi connectivity index (χ0n) is 31.4. The second-order valence-electron chi connectivity index (χ2n) is 15.8. The highest BCUT2D eigenvalue weighted by Gasteiger charge is 2.47. The summed E-state index contributed by atoms with van der Waals surface area (Å²) in [5.41, 5.74) is 13.8. The van der Waals surface area contributed by atoms with Crippen molar-refractivity contribution in [3.8, 4) is 11.5 Å². The Bertz CT molecular complexity index is 2030. The third-order valence-corrected chi connectivity index (χ3v) is 12.4. The van der Waals surface area contributed by atoms with Crippen LogP contribution < -0.4 is 15.8 Å². The second-order valence-corrected chi connectivity index (χ2v) is 15.8. The molecule has 6 N–H and O–H groups in total. The van der Waals surface area contributed by atoms with E-state index in [1.54, 1.807) is 6.07 Å². The minimum absolute atomic E-state index is 0.0154. The van der Waals surface area contributed by atoms with Gasteiger partial charge in [0.15, 0.2) is 11.5 Å². The molecule has 1 aromatic heterocycles. The lowest BCUT2D eigenvalue weighted by molar-refractivity contribution is 0.00498. The smallest absolute Gasteiger partial charge is 0.161 e. The fourth-order valence-electron chi connectivity index (χ4n) is 9.46. The summed E-state index contributed by atoms with van der Waals surface area (Å²) in [6, 6.07) is 17.0. The van der Waals surface area contributed by atoms with Gasteiger partial charge in [0.05, 0.1) is 38.2 Å². The number of rotatable bonds is 6. The topological polar surface area (TPSA) is 131 Å². The van der Waals surface area contributed by atoms with Gasteiger partial charge in [0.2, 0.25) is 0 Å². The van der Waals surface area contributed by atoms with Crippen LogP contribution in [0, 0.1) is 5.92 Å². The molecule has 0 saturated carbocycles. The Labute approximate surface area is 318 Å². The number of nitrogens with two attached hydrogens (primary N) is 1. The van der Waals surface area contributed by atoms with Crippen molar-refractivity contribution in [1.82, 2.24) is 9.88 Å². The van der Waals surface area contributed by atoms with E-state index in [4.69, 9.17) is 19.9 Å². The molecule has 3 aromatic carbocycles. The van der Waals surface area contributed by atoms with Gasteiger partial charge in [-0.25, -0.2) is 0 Å². The van der Waals surface area contributed by atoms with E-state index < -0.39 is 6.10 Å². The molecule has 5 atom stereocenters.